The van der Waals surface area contributed by atoms with E-state index in [-0.39, 0.29) is 17.1 Å². The Labute approximate surface area is 132 Å². The van der Waals surface area contributed by atoms with Gasteiger partial charge in [0.25, 0.3) is 5.91 Å². The van der Waals surface area contributed by atoms with Gasteiger partial charge in [-0.3, -0.25) is 9.59 Å². The predicted molar refractivity (Wildman–Crippen MR) is 82.5 cm³/mol. The summed E-state index contributed by atoms with van der Waals surface area (Å²) in [5.74, 6) is -1.75. The van der Waals surface area contributed by atoms with Crippen molar-refractivity contribution in [3.8, 4) is 11.5 Å². The zero-order valence-electron chi connectivity index (χ0n) is 12.4. The number of phenolic OH excluding ortho intramolecular Hbond substituents is 2. The van der Waals surface area contributed by atoms with Gasteiger partial charge in [0.15, 0.2) is 11.4 Å². The number of para-hydroxylation sites is 1. The maximum atomic E-state index is 12.4. The van der Waals surface area contributed by atoms with Gasteiger partial charge in [0.2, 0.25) is 0 Å². The second-order valence-electron chi connectivity index (χ2n) is 5.54. The molecule has 6 heteroatoms. The fourth-order valence-corrected chi connectivity index (χ4v) is 2.86. The van der Waals surface area contributed by atoms with E-state index in [2.05, 4.69) is 0 Å². The van der Waals surface area contributed by atoms with Gasteiger partial charge in [-0.15, -0.1) is 0 Å². The van der Waals surface area contributed by atoms with Gasteiger partial charge >= 0.3 is 0 Å². The van der Waals surface area contributed by atoms with Gasteiger partial charge in [0, 0.05) is 12.6 Å². The van der Waals surface area contributed by atoms with Crippen LogP contribution in [-0.4, -0.2) is 34.1 Å². The first-order valence-electron chi connectivity index (χ1n) is 7.00. The van der Waals surface area contributed by atoms with Gasteiger partial charge in [-0.2, -0.15) is 0 Å². The van der Waals surface area contributed by atoms with Crippen molar-refractivity contribution < 1.29 is 24.9 Å². The SMILES string of the molecule is CN1C(=O)C(O)(CC(=O)c2cc(O)ccc2O)c2ccccc21. The number of rotatable bonds is 3. The highest BCUT2D eigenvalue weighted by Crippen LogP contribution is 2.42. The number of carbonyl (C=O) groups is 2. The molecule has 0 bridgehead atoms. The molecule has 23 heavy (non-hydrogen) atoms. The van der Waals surface area contributed by atoms with E-state index in [1.165, 1.54) is 24.1 Å². The molecule has 1 atom stereocenters. The van der Waals surface area contributed by atoms with E-state index >= 15 is 0 Å². The number of anilines is 1. The average molecular weight is 313 g/mol. The Kier molecular flexibility index (Phi) is 3.34. The van der Waals surface area contributed by atoms with Gasteiger partial charge < -0.3 is 20.2 Å². The number of hydrogen-bond acceptors (Lipinski definition) is 5. The van der Waals surface area contributed by atoms with Crippen LogP contribution in [0.3, 0.4) is 0 Å². The summed E-state index contributed by atoms with van der Waals surface area (Å²) in [6.45, 7) is 0. The van der Waals surface area contributed by atoms with E-state index in [0.717, 1.165) is 6.07 Å². The van der Waals surface area contributed by atoms with E-state index in [1.54, 1.807) is 24.3 Å². The van der Waals surface area contributed by atoms with Crippen molar-refractivity contribution in [1.29, 1.82) is 0 Å². The van der Waals surface area contributed by atoms with Crippen LogP contribution in [0.15, 0.2) is 42.5 Å². The van der Waals surface area contributed by atoms with E-state index in [9.17, 15) is 24.9 Å². The van der Waals surface area contributed by atoms with E-state index in [1.807, 2.05) is 0 Å². The quantitative estimate of drug-likeness (QED) is 0.590. The normalized spacial score (nSPS) is 19.7. The number of benzene rings is 2. The maximum absolute atomic E-state index is 12.4. The van der Waals surface area contributed by atoms with Gasteiger partial charge in [-0.25, -0.2) is 0 Å². The van der Waals surface area contributed by atoms with Crippen LogP contribution >= 0.6 is 0 Å². The van der Waals surface area contributed by atoms with Crippen LogP contribution in [0.25, 0.3) is 0 Å². The fraction of sp³-hybridized carbons (Fsp3) is 0.176. The smallest absolute Gasteiger partial charge is 0.263 e. The lowest BCUT2D eigenvalue weighted by Crippen LogP contribution is -2.40. The van der Waals surface area contributed by atoms with Gasteiger partial charge in [0.05, 0.1) is 17.7 Å². The van der Waals surface area contributed by atoms with Crippen molar-refractivity contribution in [1.82, 2.24) is 0 Å². The second kappa shape index (κ2) is 5.10. The molecule has 0 radical (unpaired) electrons. The molecular formula is C17H15NO5. The predicted octanol–water partition coefficient (Wildman–Crippen LogP) is 1.53. The molecular weight excluding hydrogens is 298 g/mol. The molecule has 0 aliphatic carbocycles. The number of hydrogen-bond donors (Lipinski definition) is 3. The lowest BCUT2D eigenvalue weighted by Gasteiger charge is -2.21. The fourth-order valence-electron chi connectivity index (χ4n) is 2.86. The summed E-state index contributed by atoms with van der Waals surface area (Å²) < 4.78 is 0. The number of amides is 1. The third-order valence-corrected chi connectivity index (χ3v) is 4.07. The minimum Gasteiger partial charge on any atom is -0.508 e. The molecule has 1 amide bonds. The third-order valence-electron chi connectivity index (χ3n) is 4.07. The highest BCUT2D eigenvalue weighted by Gasteiger charge is 2.49. The minimum absolute atomic E-state index is 0.141. The largest absolute Gasteiger partial charge is 0.508 e. The molecule has 1 aliphatic rings. The summed E-state index contributed by atoms with van der Waals surface area (Å²) in [6, 6.07) is 10.2. The summed E-state index contributed by atoms with van der Waals surface area (Å²) in [7, 11) is 1.52. The molecule has 3 N–H and O–H groups in total. The van der Waals surface area contributed by atoms with E-state index in [4.69, 9.17) is 0 Å². The number of likely N-dealkylation sites (N-methyl/N-ethyl adjacent to an activating group) is 1. The molecule has 0 aromatic heterocycles. The number of ketones is 1. The molecule has 1 unspecified atom stereocenters. The molecule has 0 saturated heterocycles. The summed E-state index contributed by atoms with van der Waals surface area (Å²) in [4.78, 5) is 26.2. The molecule has 6 nitrogen and oxygen atoms in total. The van der Waals surface area contributed by atoms with Crippen LogP contribution in [0.4, 0.5) is 5.69 Å². The van der Waals surface area contributed by atoms with Gasteiger partial charge in [0.1, 0.15) is 11.5 Å². The molecule has 118 valence electrons. The number of aromatic hydroxyl groups is 2. The highest BCUT2D eigenvalue weighted by molar-refractivity contribution is 6.11. The molecule has 1 heterocycles. The number of aliphatic hydroxyl groups is 1. The monoisotopic (exact) mass is 313 g/mol. The van der Waals surface area contributed by atoms with Gasteiger partial charge in [-0.1, -0.05) is 18.2 Å². The van der Waals surface area contributed by atoms with E-state index in [0.29, 0.717) is 11.3 Å². The number of Topliss-reactive ketones (excluding diaryl/α,β-unsaturated/α-hetero) is 1. The van der Waals surface area contributed by atoms with Crippen molar-refractivity contribution in [2.45, 2.75) is 12.0 Å². The van der Waals surface area contributed by atoms with Crippen molar-refractivity contribution in [3.05, 3.63) is 53.6 Å². The van der Waals surface area contributed by atoms with Gasteiger partial charge in [-0.05, 0) is 24.3 Å². The Bertz CT molecular complexity index is 816. The van der Waals surface area contributed by atoms with E-state index < -0.39 is 23.7 Å². The first-order chi connectivity index (χ1) is 10.8. The lowest BCUT2D eigenvalue weighted by molar-refractivity contribution is -0.135. The van der Waals surface area contributed by atoms with Crippen molar-refractivity contribution in [2.75, 3.05) is 11.9 Å². The summed E-state index contributed by atoms with van der Waals surface area (Å²) in [6.07, 6.45) is -0.524. The molecule has 0 fully saturated rings. The van der Waals surface area contributed by atoms with Crippen LogP contribution in [-0.2, 0) is 10.4 Å². The van der Waals surface area contributed by atoms with Crippen molar-refractivity contribution in [2.24, 2.45) is 0 Å². The zero-order chi connectivity index (χ0) is 16.8. The molecule has 0 saturated carbocycles. The Morgan fingerprint density at radius 2 is 1.87 bits per heavy atom. The number of nitrogens with zero attached hydrogens (tertiary/aromatic N) is 1. The summed E-state index contributed by atoms with van der Waals surface area (Å²) >= 11 is 0. The molecule has 1 aliphatic heterocycles. The topological polar surface area (TPSA) is 98.1 Å². The zero-order valence-corrected chi connectivity index (χ0v) is 12.4. The molecule has 3 rings (SSSR count). The van der Waals surface area contributed by atoms with Crippen LogP contribution in [0.2, 0.25) is 0 Å². The maximum Gasteiger partial charge on any atom is 0.263 e. The first-order valence-corrected chi connectivity index (χ1v) is 7.00. The molecule has 2 aromatic carbocycles. The Balaban J connectivity index is 2.00. The molecule has 2 aromatic rings. The average Bonchev–Trinajstić information content (AvgIpc) is 2.72. The van der Waals surface area contributed by atoms with Crippen LogP contribution in [0.1, 0.15) is 22.3 Å². The number of carbonyl (C=O) groups excluding carboxylic acids is 2. The summed E-state index contributed by atoms with van der Waals surface area (Å²) in [5, 5.41) is 30.0. The van der Waals surface area contributed by atoms with Crippen LogP contribution < -0.4 is 4.90 Å². The summed E-state index contributed by atoms with van der Waals surface area (Å²) in [5.41, 5.74) is -1.24. The first kappa shape index (κ1) is 15.1. The van der Waals surface area contributed by atoms with Crippen LogP contribution in [0, 0.1) is 0 Å². The Morgan fingerprint density at radius 3 is 2.61 bits per heavy atom. The number of fused-ring (bicyclic) bond motifs is 1. The Morgan fingerprint density at radius 1 is 1.17 bits per heavy atom. The lowest BCUT2D eigenvalue weighted by atomic mass is 9.88. The highest BCUT2D eigenvalue weighted by atomic mass is 16.3. The number of phenols is 2. The standard InChI is InChI=1S/C17H15NO5/c1-18-13-5-3-2-4-12(13)17(23,16(18)22)9-15(21)11-8-10(19)6-7-14(11)20/h2-8,19-20,23H,9H2,1H3. The minimum atomic E-state index is -1.99. The van der Waals surface area contributed by atoms with Crippen molar-refractivity contribution >= 4 is 17.4 Å². The second-order valence-corrected chi connectivity index (χ2v) is 5.54. The van der Waals surface area contributed by atoms with Crippen LogP contribution in [0.5, 0.6) is 11.5 Å². The molecule has 0 spiro atoms. The van der Waals surface area contributed by atoms with Crippen molar-refractivity contribution in [3.63, 3.8) is 0 Å². The Hall–Kier alpha value is -2.86. The third kappa shape index (κ3) is 2.24.